The standard InChI is InChI=1S/C31H45N3O2.BrH/c1-9-13-22-19-34(29(32)24(22)16-21-14-11-10-12-15-21)20-27(33-36-8)23-17-25(30(2,3)4)28(35)26(18-23)31(5,6)7;/h10-12,14-15,17-18,22,24,32,35H,9,13,16,19-20H2,1-8H3;1H/b32-29?,33-27-;/t22-,24+;/m0./s1. The molecule has 1 aliphatic heterocycles. The minimum absolute atomic E-state index is 0. The van der Waals surface area contributed by atoms with Gasteiger partial charge in [-0.25, -0.2) is 0 Å². The van der Waals surface area contributed by atoms with E-state index in [0.717, 1.165) is 48.2 Å². The summed E-state index contributed by atoms with van der Waals surface area (Å²) in [5.41, 5.74) is 4.35. The normalized spacial score (nSPS) is 18.6. The molecule has 6 heteroatoms. The molecule has 5 nitrogen and oxygen atoms in total. The molecule has 2 N–H and O–H groups in total. The number of likely N-dealkylation sites (tertiary alicyclic amines) is 1. The van der Waals surface area contributed by atoms with E-state index in [9.17, 15) is 5.11 Å². The maximum Gasteiger partial charge on any atom is 0.123 e. The molecule has 204 valence electrons. The van der Waals surface area contributed by atoms with Crippen molar-refractivity contribution in [3.63, 3.8) is 0 Å². The zero-order valence-corrected chi connectivity index (χ0v) is 25.6. The lowest BCUT2D eigenvalue weighted by Gasteiger charge is -2.29. The van der Waals surface area contributed by atoms with E-state index in [1.54, 1.807) is 7.11 Å². The third-order valence-corrected chi connectivity index (χ3v) is 7.28. The zero-order chi connectivity index (χ0) is 26.7. The number of amidine groups is 1. The highest BCUT2D eigenvalue weighted by Crippen LogP contribution is 2.40. The number of aromatic hydroxyl groups is 1. The number of halogens is 1. The molecule has 1 saturated heterocycles. The van der Waals surface area contributed by atoms with E-state index in [-0.39, 0.29) is 33.7 Å². The van der Waals surface area contributed by atoms with Gasteiger partial charge in [-0.2, -0.15) is 0 Å². The Bertz CT molecular complexity index is 1050. The van der Waals surface area contributed by atoms with E-state index < -0.39 is 0 Å². The number of hydrogen-bond acceptors (Lipinski definition) is 4. The largest absolute Gasteiger partial charge is 0.507 e. The van der Waals surface area contributed by atoms with Gasteiger partial charge in [0.05, 0.1) is 12.4 Å². The summed E-state index contributed by atoms with van der Waals surface area (Å²) in [6.07, 6.45) is 3.10. The average Bonchev–Trinajstić information content (AvgIpc) is 3.07. The zero-order valence-electron chi connectivity index (χ0n) is 23.9. The summed E-state index contributed by atoms with van der Waals surface area (Å²) in [6.45, 7) is 16.3. The molecule has 1 fully saturated rings. The highest BCUT2D eigenvalue weighted by Gasteiger charge is 2.37. The van der Waals surface area contributed by atoms with Crippen LogP contribution in [0.3, 0.4) is 0 Å². The molecule has 3 rings (SSSR count). The summed E-state index contributed by atoms with van der Waals surface area (Å²) in [5, 5.41) is 24.7. The van der Waals surface area contributed by atoms with E-state index in [2.05, 4.69) is 82.8 Å². The first-order valence-corrected chi connectivity index (χ1v) is 13.2. The number of hydrogen-bond donors (Lipinski definition) is 2. The number of phenolic OH excluding ortho intramolecular Hbond substituents is 1. The Balaban J connectivity index is 0.00000481. The molecule has 0 aromatic heterocycles. The number of phenols is 1. The van der Waals surface area contributed by atoms with E-state index >= 15 is 0 Å². The van der Waals surface area contributed by atoms with Crippen molar-refractivity contribution in [1.29, 1.82) is 5.41 Å². The summed E-state index contributed by atoms with van der Waals surface area (Å²) in [5.74, 6) is 1.69. The predicted octanol–water partition coefficient (Wildman–Crippen LogP) is 7.48. The Morgan fingerprint density at radius 2 is 1.62 bits per heavy atom. The molecule has 2 atom stereocenters. The second kappa shape index (κ2) is 12.5. The number of rotatable bonds is 8. The van der Waals surface area contributed by atoms with Crippen LogP contribution in [-0.2, 0) is 22.1 Å². The van der Waals surface area contributed by atoms with Gasteiger partial charge in [0.2, 0.25) is 0 Å². The van der Waals surface area contributed by atoms with Crippen molar-refractivity contribution < 1.29 is 9.94 Å². The van der Waals surface area contributed by atoms with Crippen molar-refractivity contribution in [2.45, 2.75) is 78.6 Å². The number of nitrogens with one attached hydrogen (secondary N) is 1. The van der Waals surface area contributed by atoms with Gasteiger partial charge in [0.1, 0.15) is 18.6 Å². The number of benzene rings is 2. The van der Waals surface area contributed by atoms with E-state index in [4.69, 9.17) is 10.2 Å². The first-order valence-electron chi connectivity index (χ1n) is 13.2. The average molecular weight is 573 g/mol. The maximum atomic E-state index is 11.2. The molecule has 1 heterocycles. The van der Waals surface area contributed by atoms with Crippen molar-refractivity contribution in [2.24, 2.45) is 17.0 Å². The van der Waals surface area contributed by atoms with Gasteiger partial charge in [-0.3, -0.25) is 5.41 Å². The van der Waals surface area contributed by atoms with Crippen LogP contribution >= 0.6 is 17.0 Å². The molecular weight excluding hydrogens is 526 g/mol. The van der Waals surface area contributed by atoms with Crippen molar-refractivity contribution in [2.75, 3.05) is 20.2 Å². The monoisotopic (exact) mass is 571 g/mol. The van der Waals surface area contributed by atoms with Crippen molar-refractivity contribution >= 4 is 28.5 Å². The topological polar surface area (TPSA) is 68.9 Å². The second-order valence-corrected chi connectivity index (χ2v) is 12.3. The first kappa shape index (κ1) is 30.9. The van der Waals surface area contributed by atoms with Crippen LogP contribution in [0.25, 0.3) is 0 Å². The number of nitrogens with zero attached hydrogens (tertiary/aromatic N) is 2. The summed E-state index contributed by atoms with van der Waals surface area (Å²) < 4.78 is 0. The Morgan fingerprint density at radius 1 is 1.05 bits per heavy atom. The third kappa shape index (κ3) is 7.37. The fourth-order valence-corrected chi connectivity index (χ4v) is 5.32. The summed E-state index contributed by atoms with van der Waals surface area (Å²) in [4.78, 5) is 7.48. The lowest BCUT2D eigenvalue weighted by molar-refractivity contribution is 0.212. The van der Waals surface area contributed by atoms with Crippen molar-refractivity contribution in [3.8, 4) is 5.75 Å². The molecule has 0 radical (unpaired) electrons. The molecule has 0 aliphatic carbocycles. The Morgan fingerprint density at radius 3 is 2.11 bits per heavy atom. The molecule has 0 unspecified atom stereocenters. The van der Waals surface area contributed by atoms with Gasteiger partial charge < -0.3 is 14.8 Å². The molecule has 37 heavy (non-hydrogen) atoms. The van der Waals surface area contributed by atoms with Gasteiger partial charge in [0.25, 0.3) is 0 Å². The van der Waals surface area contributed by atoms with Crippen LogP contribution < -0.4 is 0 Å². The van der Waals surface area contributed by atoms with Crippen molar-refractivity contribution in [3.05, 3.63) is 64.7 Å². The van der Waals surface area contributed by atoms with Crippen LogP contribution in [0.1, 0.15) is 83.6 Å². The molecule has 0 amide bonds. The van der Waals surface area contributed by atoms with Crippen LogP contribution in [0.15, 0.2) is 47.6 Å². The van der Waals surface area contributed by atoms with E-state index in [0.29, 0.717) is 24.0 Å². The van der Waals surface area contributed by atoms with Crippen molar-refractivity contribution in [1.82, 2.24) is 4.90 Å². The van der Waals surface area contributed by atoms with Gasteiger partial charge in [0, 0.05) is 29.2 Å². The summed E-state index contributed by atoms with van der Waals surface area (Å²) >= 11 is 0. The Kier molecular flexibility index (Phi) is 10.4. The predicted molar refractivity (Wildman–Crippen MR) is 161 cm³/mol. The molecule has 0 saturated carbocycles. The molecule has 2 aromatic carbocycles. The smallest absolute Gasteiger partial charge is 0.123 e. The van der Waals surface area contributed by atoms with Gasteiger partial charge in [-0.1, -0.05) is 90.4 Å². The maximum absolute atomic E-state index is 11.2. The van der Waals surface area contributed by atoms with Gasteiger partial charge >= 0.3 is 0 Å². The quantitative estimate of drug-likeness (QED) is 0.255. The molecule has 2 aromatic rings. The van der Waals surface area contributed by atoms with Crippen LogP contribution in [0.4, 0.5) is 0 Å². The Labute approximate surface area is 234 Å². The lowest BCUT2D eigenvalue weighted by atomic mass is 9.78. The van der Waals surface area contributed by atoms with Crippen LogP contribution in [0.2, 0.25) is 0 Å². The minimum Gasteiger partial charge on any atom is -0.507 e. The molecule has 0 spiro atoms. The third-order valence-electron chi connectivity index (χ3n) is 7.28. The highest BCUT2D eigenvalue weighted by atomic mass is 79.9. The molecular formula is C31H46BrN3O2. The van der Waals surface area contributed by atoms with Crippen LogP contribution in [0, 0.1) is 17.2 Å². The number of oxime groups is 1. The van der Waals surface area contributed by atoms with Gasteiger partial charge in [-0.05, 0) is 47.3 Å². The van der Waals surface area contributed by atoms with Crippen LogP contribution in [0.5, 0.6) is 5.75 Å². The van der Waals surface area contributed by atoms with Crippen LogP contribution in [-0.4, -0.2) is 41.8 Å². The van der Waals surface area contributed by atoms with E-state index in [1.807, 2.05) is 18.2 Å². The first-order chi connectivity index (χ1) is 16.9. The van der Waals surface area contributed by atoms with Gasteiger partial charge in [-0.15, -0.1) is 17.0 Å². The summed E-state index contributed by atoms with van der Waals surface area (Å²) in [7, 11) is 1.57. The summed E-state index contributed by atoms with van der Waals surface area (Å²) in [6, 6.07) is 14.6. The molecule has 1 aliphatic rings. The fourth-order valence-electron chi connectivity index (χ4n) is 5.32. The minimum atomic E-state index is -0.231. The molecule has 0 bridgehead atoms. The SMILES string of the molecule is Br.CCC[C@H]1CN(C/C(=N/OC)c2cc(C(C)(C)C)c(O)c(C(C)(C)C)c2)C(=N)[C@@H]1Cc1ccccc1. The highest BCUT2D eigenvalue weighted by molar-refractivity contribution is 8.93. The van der Waals surface area contributed by atoms with Gasteiger partial charge in [0.15, 0.2) is 0 Å². The Hall–Kier alpha value is -2.34. The fraction of sp³-hybridized carbons (Fsp3) is 0.548. The second-order valence-electron chi connectivity index (χ2n) is 12.3. The lowest BCUT2D eigenvalue weighted by Crippen LogP contribution is -2.33. The van der Waals surface area contributed by atoms with E-state index in [1.165, 1.54) is 5.56 Å².